The molecular formula is C10H12FNO2. The lowest BCUT2D eigenvalue weighted by Crippen LogP contribution is -2.10. The Bertz CT molecular complexity index is 339. The third-order valence-corrected chi connectivity index (χ3v) is 1.67. The first-order valence-electron chi connectivity index (χ1n) is 4.41. The molecule has 0 N–H and O–H groups in total. The summed E-state index contributed by atoms with van der Waals surface area (Å²) in [6.45, 7) is 3.75. The van der Waals surface area contributed by atoms with Crippen molar-refractivity contribution in [1.82, 2.24) is 4.98 Å². The number of hydrogen-bond donors (Lipinski definition) is 0. The van der Waals surface area contributed by atoms with Crippen molar-refractivity contribution in [2.24, 2.45) is 0 Å². The zero-order valence-corrected chi connectivity index (χ0v) is 8.21. The molecule has 0 aromatic carbocycles. The Morgan fingerprint density at radius 2 is 2.29 bits per heavy atom. The maximum Gasteiger partial charge on any atom is 0.311 e. The first-order chi connectivity index (χ1) is 6.63. The molecule has 14 heavy (non-hydrogen) atoms. The number of carbonyl (C=O) groups excluding carboxylic acids is 1. The quantitative estimate of drug-likeness (QED) is 0.691. The first-order valence-corrected chi connectivity index (χ1v) is 4.41. The van der Waals surface area contributed by atoms with Gasteiger partial charge in [-0.15, -0.1) is 0 Å². The minimum Gasteiger partial charge on any atom is -0.466 e. The molecule has 1 rings (SSSR count). The summed E-state index contributed by atoms with van der Waals surface area (Å²) in [4.78, 5) is 15.0. The molecule has 0 amide bonds. The number of carbonyl (C=O) groups is 1. The van der Waals surface area contributed by atoms with Crippen molar-refractivity contribution in [3.8, 4) is 0 Å². The smallest absolute Gasteiger partial charge is 0.311 e. The van der Waals surface area contributed by atoms with Gasteiger partial charge in [0.05, 0.1) is 18.7 Å². The molecule has 0 fully saturated rings. The molecule has 0 bridgehead atoms. The molecular weight excluding hydrogens is 185 g/mol. The van der Waals surface area contributed by atoms with E-state index in [0.717, 1.165) is 0 Å². The van der Waals surface area contributed by atoms with Crippen molar-refractivity contribution in [2.45, 2.75) is 20.3 Å². The van der Waals surface area contributed by atoms with Crippen LogP contribution >= 0.6 is 0 Å². The Kier molecular flexibility index (Phi) is 3.56. The van der Waals surface area contributed by atoms with E-state index in [2.05, 4.69) is 4.98 Å². The van der Waals surface area contributed by atoms with Crippen molar-refractivity contribution < 1.29 is 13.9 Å². The molecule has 0 spiro atoms. The average molecular weight is 197 g/mol. The third-order valence-electron chi connectivity index (χ3n) is 1.67. The molecule has 0 atom stereocenters. The Labute approximate surface area is 81.9 Å². The van der Waals surface area contributed by atoms with E-state index in [1.165, 1.54) is 6.07 Å². The summed E-state index contributed by atoms with van der Waals surface area (Å²) < 4.78 is 17.8. The predicted molar refractivity (Wildman–Crippen MR) is 49.3 cm³/mol. The van der Waals surface area contributed by atoms with Gasteiger partial charge in [0.1, 0.15) is 5.82 Å². The van der Waals surface area contributed by atoms with Crippen molar-refractivity contribution in [3.05, 3.63) is 29.3 Å². The van der Waals surface area contributed by atoms with Crippen LogP contribution < -0.4 is 0 Å². The topological polar surface area (TPSA) is 39.2 Å². The Balaban J connectivity index is 2.75. The van der Waals surface area contributed by atoms with E-state index in [0.29, 0.717) is 12.3 Å². The van der Waals surface area contributed by atoms with E-state index >= 15 is 0 Å². The van der Waals surface area contributed by atoms with Gasteiger partial charge in [0.15, 0.2) is 0 Å². The molecule has 1 heterocycles. The zero-order chi connectivity index (χ0) is 10.6. The van der Waals surface area contributed by atoms with Crippen LogP contribution in [0.25, 0.3) is 0 Å². The minimum absolute atomic E-state index is 0.110. The van der Waals surface area contributed by atoms with Crippen LogP contribution in [0, 0.1) is 12.7 Å². The molecule has 4 heteroatoms. The number of rotatable bonds is 3. The molecule has 3 nitrogen and oxygen atoms in total. The normalized spacial score (nSPS) is 9.93. The van der Waals surface area contributed by atoms with E-state index in [1.54, 1.807) is 19.9 Å². The van der Waals surface area contributed by atoms with Crippen molar-refractivity contribution in [1.29, 1.82) is 0 Å². The second-order valence-electron chi connectivity index (χ2n) is 2.86. The zero-order valence-electron chi connectivity index (χ0n) is 8.21. The van der Waals surface area contributed by atoms with Crippen LogP contribution in [-0.4, -0.2) is 17.6 Å². The van der Waals surface area contributed by atoms with Crippen molar-refractivity contribution in [2.75, 3.05) is 6.61 Å². The lowest BCUT2D eigenvalue weighted by Gasteiger charge is -2.03. The number of aryl methyl sites for hydroxylation is 1. The van der Waals surface area contributed by atoms with E-state index in [4.69, 9.17) is 4.74 Å². The third kappa shape index (κ3) is 2.80. The molecule has 0 aliphatic heterocycles. The number of hydrogen-bond acceptors (Lipinski definition) is 3. The van der Waals surface area contributed by atoms with Crippen LogP contribution in [-0.2, 0) is 16.0 Å². The van der Waals surface area contributed by atoms with Gasteiger partial charge in [-0.2, -0.15) is 0 Å². The summed E-state index contributed by atoms with van der Waals surface area (Å²) >= 11 is 0. The number of esters is 1. The van der Waals surface area contributed by atoms with E-state index < -0.39 is 11.8 Å². The molecule has 76 valence electrons. The molecule has 0 aliphatic carbocycles. The van der Waals surface area contributed by atoms with Gasteiger partial charge in [-0.3, -0.25) is 9.78 Å². The van der Waals surface area contributed by atoms with E-state index in [-0.39, 0.29) is 12.1 Å². The lowest BCUT2D eigenvalue weighted by atomic mass is 10.2. The predicted octanol–water partition coefficient (Wildman–Crippen LogP) is 1.63. The summed E-state index contributed by atoms with van der Waals surface area (Å²) in [7, 11) is 0. The van der Waals surface area contributed by atoms with Gasteiger partial charge < -0.3 is 4.74 Å². The number of nitrogens with zero attached hydrogens (tertiary/aromatic N) is 1. The average Bonchev–Trinajstić information content (AvgIpc) is 2.12. The molecule has 1 aromatic heterocycles. The molecule has 0 saturated heterocycles. The monoisotopic (exact) mass is 197 g/mol. The largest absolute Gasteiger partial charge is 0.466 e. The highest BCUT2D eigenvalue weighted by Gasteiger charge is 2.10. The van der Waals surface area contributed by atoms with Gasteiger partial charge in [-0.05, 0) is 26.0 Å². The van der Waals surface area contributed by atoms with Crippen LogP contribution in [0.15, 0.2) is 12.1 Å². The number of pyridine rings is 1. The summed E-state index contributed by atoms with van der Waals surface area (Å²) in [5, 5.41) is 0. The molecule has 0 unspecified atom stereocenters. The van der Waals surface area contributed by atoms with Crippen LogP contribution in [0.5, 0.6) is 0 Å². The molecule has 0 radical (unpaired) electrons. The van der Waals surface area contributed by atoms with Gasteiger partial charge in [-0.25, -0.2) is 4.39 Å². The fourth-order valence-corrected chi connectivity index (χ4v) is 1.07. The van der Waals surface area contributed by atoms with Gasteiger partial charge >= 0.3 is 5.97 Å². The minimum atomic E-state index is -0.469. The van der Waals surface area contributed by atoms with Gasteiger partial charge in [0.2, 0.25) is 0 Å². The summed E-state index contributed by atoms with van der Waals surface area (Å²) in [5.74, 6) is -0.923. The summed E-state index contributed by atoms with van der Waals surface area (Å²) in [6, 6.07) is 2.86. The number of ether oxygens (including phenoxy) is 1. The standard InChI is InChI=1S/C10H12FNO2/c1-3-14-10(13)6-9-8(11)5-4-7(2)12-9/h4-5H,3,6H2,1-2H3. The number of halogens is 1. The fourth-order valence-electron chi connectivity index (χ4n) is 1.07. The Morgan fingerprint density at radius 1 is 1.57 bits per heavy atom. The Morgan fingerprint density at radius 3 is 2.93 bits per heavy atom. The number of aromatic nitrogens is 1. The van der Waals surface area contributed by atoms with Crippen molar-refractivity contribution in [3.63, 3.8) is 0 Å². The van der Waals surface area contributed by atoms with Crippen LogP contribution in [0.4, 0.5) is 4.39 Å². The van der Waals surface area contributed by atoms with Gasteiger partial charge in [-0.1, -0.05) is 0 Å². The first kappa shape index (κ1) is 10.6. The second kappa shape index (κ2) is 4.69. The Hall–Kier alpha value is -1.45. The highest BCUT2D eigenvalue weighted by atomic mass is 19.1. The molecule has 1 aromatic rings. The second-order valence-corrected chi connectivity index (χ2v) is 2.86. The van der Waals surface area contributed by atoms with E-state index in [1.807, 2.05) is 0 Å². The fraction of sp³-hybridized carbons (Fsp3) is 0.400. The van der Waals surface area contributed by atoms with Gasteiger partial charge in [0.25, 0.3) is 0 Å². The summed E-state index contributed by atoms with van der Waals surface area (Å²) in [5.41, 5.74) is 0.828. The maximum absolute atomic E-state index is 13.1. The van der Waals surface area contributed by atoms with Gasteiger partial charge in [0, 0.05) is 5.69 Å². The van der Waals surface area contributed by atoms with Crippen LogP contribution in [0.2, 0.25) is 0 Å². The molecule has 0 saturated carbocycles. The maximum atomic E-state index is 13.1. The SMILES string of the molecule is CCOC(=O)Cc1nc(C)ccc1F. The molecule has 0 aliphatic rings. The lowest BCUT2D eigenvalue weighted by molar-refractivity contribution is -0.142. The van der Waals surface area contributed by atoms with Crippen LogP contribution in [0.1, 0.15) is 18.3 Å². The highest BCUT2D eigenvalue weighted by molar-refractivity contribution is 5.72. The van der Waals surface area contributed by atoms with Crippen LogP contribution in [0.3, 0.4) is 0 Å². The summed E-state index contributed by atoms with van der Waals surface area (Å²) in [6.07, 6.45) is -0.110. The highest BCUT2D eigenvalue weighted by Crippen LogP contribution is 2.06. The van der Waals surface area contributed by atoms with E-state index in [9.17, 15) is 9.18 Å². The van der Waals surface area contributed by atoms with Crippen molar-refractivity contribution >= 4 is 5.97 Å².